The van der Waals surface area contributed by atoms with Crippen LogP contribution >= 0.6 is 23.1 Å². The van der Waals surface area contributed by atoms with Crippen LogP contribution in [-0.2, 0) is 12.8 Å². The number of ketones is 3. The third-order valence-electron chi connectivity index (χ3n) is 13.0. The Labute approximate surface area is 482 Å². The number of hydrogen-bond acceptors (Lipinski definition) is 16. The maximum absolute atomic E-state index is 12.9. The number of nitrogens with zero attached hydrogens (tertiary/aromatic N) is 6. The van der Waals surface area contributed by atoms with Crippen molar-refractivity contribution in [1.29, 1.82) is 0 Å². The molecule has 9 aromatic rings. The van der Waals surface area contributed by atoms with Gasteiger partial charge in [-0.25, -0.2) is 4.98 Å². The summed E-state index contributed by atoms with van der Waals surface area (Å²) < 4.78 is 0. The number of phenolic OH excluding ortho intramolecular Hbond substituents is 1. The number of amides is 1. The average molecular weight is 1150 g/mol. The minimum absolute atomic E-state index is 0.0200. The van der Waals surface area contributed by atoms with Crippen molar-refractivity contribution in [2.75, 3.05) is 5.75 Å². The number of aryl methyl sites for hydroxylation is 1. The number of carbonyl (C=O) groups excluding carboxylic acids is 4. The predicted octanol–water partition coefficient (Wildman–Crippen LogP) is 13.3. The number of nitro groups is 3. The van der Waals surface area contributed by atoms with Gasteiger partial charge in [0.25, 0.3) is 17.1 Å². The Morgan fingerprint density at radius 1 is 0.627 bits per heavy atom. The Kier molecular flexibility index (Phi) is 18.9. The Bertz CT molecular complexity index is 3980. The third kappa shape index (κ3) is 14.9. The van der Waals surface area contributed by atoms with Crippen LogP contribution in [0, 0.1) is 44.2 Å². The number of rotatable bonds is 17. The van der Waals surface area contributed by atoms with E-state index in [4.69, 9.17) is 10.7 Å². The van der Waals surface area contributed by atoms with Gasteiger partial charge in [-0.15, -0.1) is 28.2 Å². The fourth-order valence-electron chi connectivity index (χ4n) is 8.56. The van der Waals surface area contributed by atoms with Gasteiger partial charge in [0.1, 0.15) is 16.6 Å². The number of non-ortho nitro benzene ring substituents is 3. The van der Waals surface area contributed by atoms with E-state index in [-0.39, 0.29) is 52.3 Å². The van der Waals surface area contributed by atoms with Gasteiger partial charge in [-0.3, -0.25) is 49.5 Å². The maximum Gasteiger partial charge on any atom is 0.273 e. The molecule has 4 N–H and O–H groups in total. The molecule has 1 amide bonds. The number of aromatic nitrogens is 2. The van der Waals surface area contributed by atoms with Gasteiger partial charge in [-0.05, 0) is 62.2 Å². The van der Waals surface area contributed by atoms with Gasteiger partial charge < -0.3 is 15.8 Å². The number of imidazole rings is 1. The molecule has 0 bridgehead atoms. The number of nitrogens with one attached hydrogen (secondary N) is 1. The molecule has 0 radical (unpaired) electrons. The predicted molar refractivity (Wildman–Crippen MR) is 321 cm³/mol. The topological polar surface area (TPSA) is 297 Å². The normalized spacial score (nSPS) is 11.5. The first-order valence-electron chi connectivity index (χ1n) is 25.4. The quantitative estimate of drug-likeness (QED) is 0.0434. The number of benzene rings is 7. The van der Waals surface area contributed by atoms with Gasteiger partial charge in [-0.2, -0.15) is 5.10 Å². The van der Waals surface area contributed by atoms with Crippen LogP contribution in [0.3, 0.4) is 0 Å². The Morgan fingerprint density at radius 2 is 1.16 bits per heavy atom. The van der Waals surface area contributed by atoms with Gasteiger partial charge in [0.2, 0.25) is 5.91 Å². The lowest BCUT2D eigenvalue weighted by Gasteiger charge is -2.06. The number of thioether (sulfide) groups is 1. The lowest BCUT2D eigenvalue weighted by Crippen LogP contribution is -2.15. The zero-order valence-electron chi connectivity index (χ0n) is 44.7. The molecular weight excluding hydrogens is 1100 g/mol. The largest absolute Gasteiger partial charge is 0.507 e. The van der Waals surface area contributed by atoms with E-state index in [1.807, 2.05) is 118 Å². The number of primary amides is 1. The molecule has 3 heterocycles. The SMILES string of the molecule is CC1=NN=C(SCC(=O)c2ccc([N+](=O)[O-])cc2)C1.Cc1c(Cc2ccccc2)sc(CC(=O)c2ccc([N+](=O)[O-])cc2)c1C(N)=O.Cc1ccc(C(=O)c2ccc(-c3[nH]c(-c4ccc([N+](=O)[O-])cc4O)nc3-c3ccccc3)cc2)cc1. The van der Waals surface area contributed by atoms with E-state index in [0.29, 0.717) is 68.3 Å². The number of H-pyrrole nitrogens is 1. The van der Waals surface area contributed by atoms with Crippen molar-refractivity contribution in [3.63, 3.8) is 0 Å². The van der Waals surface area contributed by atoms with Gasteiger partial charge in [0, 0.05) is 98.4 Å². The second kappa shape index (κ2) is 26.7. The zero-order chi connectivity index (χ0) is 59.3. The van der Waals surface area contributed by atoms with Crippen LogP contribution in [0.5, 0.6) is 5.75 Å². The van der Waals surface area contributed by atoms with E-state index in [2.05, 4.69) is 15.2 Å². The van der Waals surface area contributed by atoms with Crippen LogP contribution in [0.4, 0.5) is 17.1 Å². The molecule has 0 saturated carbocycles. The molecule has 10 rings (SSSR count). The van der Waals surface area contributed by atoms with Crippen molar-refractivity contribution in [2.45, 2.75) is 40.0 Å². The smallest absolute Gasteiger partial charge is 0.273 e. The molecule has 0 spiro atoms. The first-order valence-corrected chi connectivity index (χ1v) is 27.2. The highest BCUT2D eigenvalue weighted by molar-refractivity contribution is 8.14. The highest BCUT2D eigenvalue weighted by Gasteiger charge is 2.24. The molecule has 1 aliphatic rings. The molecule has 0 aliphatic carbocycles. The Hall–Kier alpha value is -10.4. The van der Waals surface area contributed by atoms with Crippen molar-refractivity contribution in [2.24, 2.45) is 15.9 Å². The molecule has 0 fully saturated rings. The first-order chi connectivity index (χ1) is 39.8. The summed E-state index contributed by atoms with van der Waals surface area (Å²) in [5.74, 6) is -0.527. The number of aromatic hydroxyl groups is 1. The molecule has 2 aromatic heterocycles. The molecule has 83 heavy (non-hydrogen) atoms. The molecule has 416 valence electrons. The van der Waals surface area contributed by atoms with E-state index >= 15 is 0 Å². The second-order valence-electron chi connectivity index (χ2n) is 18.8. The summed E-state index contributed by atoms with van der Waals surface area (Å²) in [7, 11) is 0. The zero-order valence-corrected chi connectivity index (χ0v) is 46.3. The minimum Gasteiger partial charge on any atom is -0.507 e. The van der Waals surface area contributed by atoms with Crippen LogP contribution in [0.2, 0.25) is 0 Å². The van der Waals surface area contributed by atoms with Crippen LogP contribution in [0.25, 0.3) is 33.9 Å². The number of nitrogens with two attached hydrogens (primary N) is 1. The minimum atomic E-state index is -0.564. The molecule has 21 heteroatoms. The van der Waals surface area contributed by atoms with Crippen molar-refractivity contribution in [3.05, 3.63) is 261 Å². The molecule has 7 aromatic carbocycles. The molecular formula is C62H50N8O11S2. The van der Waals surface area contributed by atoms with Crippen molar-refractivity contribution in [3.8, 4) is 39.7 Å². The fourth-order valence-corrected chi connectivity index (χ4v) is 10.8. The van der Waals surface area contributed by atoms with E-state index in [9.17, 15) is 54.6 Å². The number of thiophene rings is 1. The number of Topliss-reactive ketones (excluding diaryl/α,β-unsaturated/α-hetero) is 2. The summed E-state index contributed by atoms with van der Waals surface area (Å²) in [6.07, 6.45) is 1.37. The Balaban J connectivity index is 0.000000171. The van der Waals surface area contributed by atoms with Crippen LogP contribution in [-0.4, -0.2) is 69.6 Å². The lowest BCUT2D eigenvalue weighted by molar-refractivity contribution is -0.385. The molecule has 19 nitrogen and oxygen atoms in total. The van der Waals surface area contributed by atoms with Crippen LogP contribution < -0.4 is 5.73 Å². The summed E-state index contributed by atoms with van der Waals surface area (Å²) in [5.41, 5.74) is 15.0. The van der Waals surface area contributed by atoms with Gasteiger partial charge in [0.15, 0.2) is 17.3 Å². The van der Waals surface area contributed by atoms with Gasteiger partial charge in [0.05, 0.1) is 49.1 Å². The summed E-state index contributed by atoms with van der Waals surface area (Å²) in [4.78, 5) is 89.7. The highest BCUT2D eigenvalue weighted by Crippen LogP contribution is 2.37. The fraction of sp³-hybridized carbons (Fsp3) is 0.113. The summed E-state index contributed by atoms with van der Waals surface area (Å²) in [6.45, 7) is 5.70. The standard InChI is InChI=1S/C29H21N3O4.C21H18N2O4S.C12H11N3O3S/c1-18-7-9-21(10-8-18)28(34)22-13-11-20(12-14-22)27-26(19-5-3-2-4-6-19)30-29(31-27)24-16-15-23(32(35)36)17-25(24)33;1-13-18(11-14-5-3-2-4-6-14)28-19(20(13)21(22)25)12-17(24)15-7-9-16(10-8-15)23(26)27;1-8-6-12(14-13-8)19-7-11(16)9-2-4-10(5-3-9)15(17)18/h2-17,33H,1H3,(H,30,31);2-10H,11-12H2,1H3,(H2,22,25);2-5H,6-7H2,1H3. The number of phenols is 1. The number of hydrogen-bond donors (Lipinski definition) is 3. The van der Waals surface area contributed by atoms with Gasteiger partial charge >= 0.3 is 0 Å². The first kappa shape index (κ1) is 58.8. The molecule has 1 aliphatic heterocycles. The number of carbonyl (C=O) groups is 4. The second-order valence-corrected chi connectivity index (χ2v) is 21.0. The van der Waals surface area contributed by atoms with Gasteiger partial charge in [-0.1, -0.05) is 115 Å². The van der Waals surface area contributed by atoms with E-state index in [1.54, 1.807) is 12.1 Å². The van der Waals surface area contributed by atoms with Crippen LogP contribution in [0.1, 0.15) is 86.8 Å². The molecule has 0 saturated heterocycles. The summed E-state index contributed by atoms with van der Waals surface area (Å²) in [6, 6.07) is 49.1. The maximum atomic E-state index is 12.9. The summed E-state index contributed by atoms with van der Waals surface area (Å²) >= 11 is 2.76. The molecule has 0 atom stereocenters. The van der Waals surface area contributed by atoms with Crippen LogP contribution in [0.15, 0.2) is 186 Å². The van der Waals surface area contributed by atoms with E-state index < -0.39 is 20.7 Å². The third-order valence-corrected chi connectivity index (χ3v) is 15.2. The van der Waals surface area contributed by atoms with E-state index in [1.165, 1.54) is 83.8 Å². The monoisotopic (exact) mass is 1150 g/mol. The average Bonchev–Trinajstić information content (AvgIpc) is 4.32. The highest BCUT2D eigenvalue weighted by atomic mass is 32.2. The molecule has 0 unspecified atom stereocenters. The van der Waals surface area contributed by atoms with Crippen molar-refractivity contribution >= 4 is 74.2 Å². The summed E-state index contributed by atoms with van der Waals surface area (Å²) in [5, 5.41) is 51.4. The van der Waals surface area contributed by atoms with Crippen molar-refractivity contribution < 1.29 is 39.1 Å². The lowest BCUT2D eigenvalue weighted by atomic mass is 9.99. The van der Waals surface area contributed by atoms with Crippen molar-refractivity contribution in [1.82, 2.24) is 9.97 Å². The Morgan fingerprint density at radius 3 is 1.69 bits per heavy atom. The van der Waals surface area contributed by atoms with E-state index in [0.717, 1.165) is 49.5 Å². The number of aromatic amines is 1. The number of nitro benzene ring substituents is 3.